The molecule has 1 saturated carbocycles. The van der Waals surface area contributed by atoms with E-state index in [1.165, 1.54) is 11.8 Å². The fourth-order valence-electron chi connectivity index (χ4n) is 3.31. The van der Waals surface area contributed by atoms with Gasteiger partial charge in [-0.3, -0.25) is 9.36 Å². The van der Waals surface area contributed by atoms with Gasteiger partial charge in [0.15, 0.2) is 11.0 Å². The molecule has 3 aromatic rings. The molecule has 5 nitrogen and oxygen atoms in total. The van der Waals surface area contributed by atoms with Crippen molar-refractivity contribution in [3.05, 3.63) is 54.6 Å². The van der Waals surface area contributed by atoms with Crippen molar-refractivity contribution in [3.8, 4) is 22.8 Å². The van der Waals surface area contributed by atoms with E-state index < -0.39 is 0 Å². The third-order valence-electron chi connectivity index (χ3n) is 4.72. The van der Waals surface area contributed by atoms with Crippen molar-refractivity contribution in [2.75, 3.05) is 7.11 Å². The van der Waals surface area contributed by atoms with E-state index in [2.05, 4.69) is 10.2 Å². The van der Waals surface area contributed by atoms with Crippen LogP contribution in [-0.4, -0.2) is 32.9 Å². The number of carbonyl (C=O) groups is 1. The number of ether oxygens (including phenoxy) is 1. The summed E-state index contributed by atoms with van der Waals surface area (Å²) in [7, 11) is 1.65. The largest absolute Gasteiger partial charge is 0.497 e. The van der Waals surface area contributed by atoms with Crippen LogP contribution in [0.5, 0.6) is 5.75 Å². The molecular formula is C21H21N3O2S. The second-order valence-corrected chi connectivity index (χ2v) is 7.70. The van der Waals surface area contributed by atoms with E-state index in [4.69, 9.17) is 4.74 Å². The Balaban J connectivity index is 1.78. The quantitative estimate of drug-likeness (QED) is 0.651. The topological polar surface area (TPSA) is 57.0 Å². The molecule has 0 saturated heterocycles. The van der Waals surface area contributed by atoms with Crippen LogP contribution >= 0.6 is 11.8 Å². The molecule has 138 valence electrons. The molecule has 1 aliphatic carbocycles. The van der Waals surface area contributed by atoms with E-state index in [1.807, 2.05) is 59.2 Å². The minimum absolute atomic E-state index is 0.0384. The molecule has 1 aromatic heterocycles. The molecule has 1 fully saturated rings. The minimum Gasteiger partial charge on any atom is -0.497 e. The lowest BCUT2D eigenvalue weighted by Gasteiger charge is -2.20. The standard InChI is InChI=1S/C21H21N3O2S/c1-26-17-11-7-8-15(14-17)20-22-23-21(24(20)16-9-3-2-4-10-16)27-19-13-6-5-12-18(19)25/h2-4,7-11,14,19H,5-6,12-13H2,1H3/t19-/m0/s1. The van der Waals surface area contributed by atoms with E-state index in [0.717, 1.165) is 47.2 Å². The van der Waals surface area contributed by atoms with E-state index in [-0.39, 0.29) is 5.25 Å². The van der Waals surface area contributed by atoms with Gasteiger partial charge in [0, 0.05) is 17.7 Å². The number of nitrogens with zero attached hydrogens (tertiary/aromatic N) is 3. The Morgan fingerprint density at radius 2 is 1.93 bits per heavy atom. The number of methoxy groups -OCH3 is 1. The highest BCUT2D eigenvalue weighted by Crippen LogP contribution is 2.35. The van der Waals surface area contributed by atoms with Crippen molar-refractivity contribution in [2.24, 2.45) is 0 Å². The van der Waals surface area contributed by atoms with Gasteiger partial charge in [0.25, 0.3) is 0 Å². The Morgan fingerprint density at radius 1 is 1.07 bits per heavy atom. The summed E-state index contributed by atoms with van der Waals surface area (Å²) in [6, 6.07) is 17.8. The van der Waals surface area contributed by atoms with Crippen LogP contribution in [0.2, 0.25) is 0 Å². The molecule has 1 aliphatic rings. The SMILES string of the molecule is COc1cccc(-c2nnc(S[C@H]3CCCCC3=O)n2-c2ccccc2)c1. The van der Waals surface area contributed by atoms with Crippen molar-refractivity contribution < 1.29 is 9.53 Å². The van der Waals surface area contributed by atoms with Crippen LogP contribution in [0.15, 0.2) is 59.8 Å². The van der Waals surface area contributed by atoms with Crippen molar-refractivity contribution in [1.82, 2.24) is 14.8 Å². The van der Waals surface area contributed by atoms with Crippen molar-refractivity contribution >= 4 is 17.5 Å². The van der Waals surface area contributed by atoms with Gasteiger partial charge < -0.3 is 4.74 Å². The molecule has 0 bridgehead atoms. The van der Waals surface area contributed by atoms with Gasteiger partial charge in [0.05, 0.1) is 12.4 Å². The maximum atomic E-state index is 12.3. The summed E-state index contributed by atoms with van der Waals surface area (Å²) in [5, 5.41) is 9.60. The summed E-state index contributed by atoms with van der Waals surface area (Å²) < 4.78 is 7.39. The molecular weight excluding hydrogens is 358 g/mol. The number of thioether (sulfide) groups is 1. The monoisotopic (exact) mass is 379 g/mol. The molecule has 4 rings (SSSR count). The van der Waals surface area contributed by atoms with Crippen LogP contribution in [0, 0.1) is 0 Å². The van der Waals surface area contributed by atoms with Crippen molar-refractivity contribution in [2.45, 2.75) is 36.1 Å². The number of carbonyl (C=O) groups excluding carboxylic acids is 1. The fraction of sp³-hybridized carbons (Fsp3) is 0.286. The van der Waals surface area contributed by atoms with Gasteiger partial charge in [-0.05, 0) is 37.1 Å². The summed E-state index contributed by atoms with van der Waals surface area (Å²) in [5.74, 6) is 1.83. The maximum absolute atomic E-state index is 12.3. The zero-order chi connectivity index (χ0) is 18.6. The van der Waals surface area contributed by atoms with E-state index in [0.29, 0.717) is 12.2 Å². The first-order valence-corrected chi connectivity index (χ1v) is 9.99. The van der Waals surface area contributed by atoms with E-state index in [9.17, 15) is 4.79 Å². The minimum atomic E-state index is -0.0384. The molecule has 1 heterocycles. The Bertz CT molecular complexity index is 940. The number of hydrogen-bond donors (Lipinski definition) is 0. The molecule has 0 unspecified atom stereocenters. The Kier molecular flexibility index (Phi) is 5.25. The molecule has 2 aromatic carbocycles. The lowest BCUT2D eigenvalue weighted by Crippen LogP contribution is -2.21. The second-order valence-electron chi connectivity index (χ2n) is 6.53. The molecule has 27 heavy (non-hydrogen) atoms. The van der Waals surface area contributed by atoms with Crippen LogP contribution in [0.1, 0.15) is 25.7 Å². The van der Waals surface area contributed by atoms with Gasteiger partial charge in [0.2, 0.25) is 0 Å². The second kappa shape index (κ2) is 7.96. The molecule has 0 amide bonds. The summed E-state index contributed by atoms with van der Waals surface area (Å²) in [4.78, 5) is 12.3. The number of aromatic nitrogens is 3. The fourth-order valence-corrected chi connectivity index (χ4v) is 4.48. The lowest BCUT2D eigenvalue weighted by atomic mass is 9.99. The number of Topliss-reactive ketones (excluding diaryl/α,β-unsaturated/α-hetero) is 1. The van der Waals surface area contributed by atoms with Gasteiger partial charge >= 0.3 is 0 Å². The summed E-state index contributed by atoms with van der Waals surface area (Å²) in [6.07, 6.45) is 3.65. The van der Waals surface area contributed by atoms with Crippen molar-refractivity contribution in [1.29, 1.82) is 0 Å². The first-order chi connectivity index (χ1) is 13.3. The summed E-state index contributed by atoms with van der Waals surface area (Å²) in [5.41, 5.74) is 1.90. The molecule has 0 radical (unpaired) electrons. The third kappa shape index (κ3) is 3.76. The average Bonchev–Trinajstić information content (AvgIpc) is 3.14. The van der Waals surface area contributed by atoms with Gasteiger partial charge in [-0.15, -0.1) is 10.2 Å². The van der Waals surface area contributed by atoms with Crippen LogP contribution in [0.25, 0.3) is 17.1 Å². The average molecular weight is 379 g/mol. The Hall–Kier alpha value is -2.60. The highest BCUT2D eigenvalue weighted by atomic mass is 32.2. The number of rotatable bonds is 5. The number of para-hydroxylation sites is 1. The van der Waals surface area contributed by atoms with Crippen LogP contribution in [0.4, 0.5) is 0 Å². The van der Waals surface area contributed by atoms with Crippen molar-refractivity contribution in [3.63, 3.8) is 0 Å². The molecule has 0 aliphatic heterocycles. The number of benzene rings is 2. The normalized spacial score (nSPS) is 17.1. The maximum Gasteiger partial charge on any atom is 0.196 e. The zero-order valence-electron chi connectivity index (χ0n) is 15.2. The third-order valence-corrected chi connectivity index (χ3v) is 5.98. The molecule has 0 N–H and O–H groups in total. The first-order valence-electron chi connectivity index (χ1n) is 9.11. The Morgan fingerprint density at radius 3 is 2.70 bits per heavy atom. The van der Waals surface area contributed by atoms with Gasteiger partial charge in [0.1, 0.15) is 11.5 Å². The predicted molar refractivity (Wildman–Crippen MR) is 106 cm³/mol. The van der Waals surface area contributed by atoms with Gasteiger partial charge in [-0.1, -0.05) is 48.5 Å². The van der Waals surface area contributed by atoms with Crippen LogP contribution < -0.4 is 4.74 Å². The number of hydrogen-bond acceptors (Lipinski definition) is 5. The van der Waals surface area contributed by atoms with Crippen LogP contribution in [0.3, 0.4) is 0 Å². The predicted octanol–water partition coefficient (Wildman–Crippen LogP) is 4.55. The summed E-state index contributed by atoms with van der Waals surface area (Å²) in [6.45, 7) is 0. The lowest BCUT2D eigenvalue weighted by molar-refractivity contribution is -0.119. The Labute approximate surface area is 162 Å². The van der Waals surface area contributed by atoms with Gasteiger partial charge in [-0.25, -0.2) is 0 Å². The van der Waals surface area contributed by atoms with E-state index >= 15 is 0 Å². The summed E-state index contributed by atoms with van der Waals surface area (Å²) >= 11 is 1.53. The van der Waals surface area contributed by atoms with E-state index in [1.54, 1.807) is 7.11 Å². The molecule has 6 heteroatoms. The molecule has 0 spiro atoms. The first kappa shape index (κ1) is 17.8. The van der Waals surface area contributed by atoms with Crippen LogP contribution in [-0.2, 0) is 4.79 Å². The van der Waals surface area contributed by atoms with Gasteiger partial charge in [-0.2, -0.15) is 0 Å². The smallest absolute Gasteiger partial charge is 0.196 e. The highest BCUT2D eigenvalue weighted by molar-refractivity contribution is 8.00. The highest BCUT2D eigenvalue weighted by Gasteiger charge is 2.27. The number of ketones is 1. The molecule has 1 atom stereocenters. The zero-order valence-corrected chi connectivity index (χ0v) is 16.0.